The minimum atomic E-state index is -0.188. The standard InChI is InChI=1S/C18H19NO/c1-13-8-14(2)10-15(9-13)11-16(12-19)17-6-4-5-7-18(17)20-3/h4-10,16H,11H2,1-3H3. The Morgan fingerprint density at radius 1 is 1.10 bits per heavy atom. The minimum absolute atomic E-state index is 0.188. The smallest absolute Gasteiger partial charge is 0.123 e. The van der Waals surface area contributed by atoms with E-state index < -0.39 is 0 Å². The second-order valence-corrected chi connectivity index (χ2v) is 5.12. The lowest BCUT2D eigenvalue weighted by Gasteiger charge is -2.14. The highest BCUT2D eigenvalue weighted by Crippen LogP contribution is 2.29. The van der Waals surface area contributed by atoms with Gasteiger partial charge in [0.15, 0.2) is 0 Å². The van der Waals surface area contributed by atoms with Crippen LogP contribution < -0.4 is 4.74 Å². The highest BCUT2D eigenvalue weighted by atomic mass is 16.5. The van der Waals surface area contributed by atoms with Gasteiger partial charge >= 0.3 is 0 Å². The number of methoxy groups -OCH3 is 1. The summed E-state index contributed by atoms with van der Waals surface area (Å²) >= 11 is 0. The maximum atomic E-state index is 9.49. The first-order valence-corrected chi connectivity index (χ1v) is 6.73. The first-order valence-electron chi connectivity index (χ1n) is 6.73. The van der Waals surface area contributed by atoms with Crippen LogP contribution in [0.4, 0.5) is 0 Å². The zero-order chi connectivity index (χ0) is 14.5. The van der Waals surface area contributed by atoms with Gasteiger partial charge < -0.3 is 4.74 Å². The molecular formula is C18H19NO. The van der Waals surface area contributed by atoms with Crippen LogP contribution in [-0.4, -0.2) is 7.11 Å². The molecular weight excluding hydrogens is 246 g/mol. The summed E-state index contributed by atoms with van der Waals surface area (Å²) in [7, 11) is 1.64. The molecule has 0 amide bonds. The highest BCUT2D eigenvalue weighted by molar-refractivity contribution is 5.41. The van der Waals surface area contributed by atoms with Crippen LogP contribution in [0.1, 0.15) is 28.2 Å². The van der Waals surface area contributed by atoms with Crippen molar-refractivity contribution in [3.8, 4) is 11.8 Å². The molecule has 20 heavy (non-hydrogen) atoms. The largest absolute Gasteiger partial charge is 0.496 e. The van der Waals surface area contributed by atoms with E-state index in [1.54, 1.807) is 7.11 Å². The summed E-state index contributed by atoms with van der Waals surface area (Å²) in [4.78, 5) is 0. The molecule has 2 heteroatoms. The van der Waals surface area contributed by atoms with E-state index in [4.69, 9.17) is 4.74 Å². The zero-order valence-electron chi connectivity index (χ0n) is 12.2. The van der Waals surface area contributed by atoms with Gasteiger partial charge in [0.1, 0.15) is 5.75 Å². The Morgan fingerprint density at radius 2 is 1.75 bits per heavy atom. The molecule has 2 nitrogen and oxygen atoms in total. The first-order chi connectivity index (χ1) is 9.63. The van der Waals surface area contributed by atoms with Gasteiger partial charge in [0, 0.05) is 5.56 Å². The van der Waals surface area contributed by atoms with Crippen molar-refractivity contribution in [1.82, 2.24) is 0 Å². The lowest BCUT2D eigenvalue weighted by Crippen LogP contribution is -2.03. The highest BCUT2D eigenvalue weighted by Gasteiger charge is 2.16. The van der Waals surface area contributed by atoms with Crippen molar-refractivity contribution in [3.63, 3.8) is 0 Å². The van der Waals surface area contributed by atoms with Crippen LogP contribution in [0.5, 0.6) is 5.75 Å². The van der Waals surface area contributed by atoms with Gasteiger partial charge in [-0.1, -0.05) is 47.5 Å². The number of aryl methyl sites for hydroxylation is 2. The van der Waals surface area contributed by atoms with Crippen LogP contribution >= 0.6 is 0 Å². The molecule has 0 aliphatic heterocycles. The van der Waals surface area contributed by atoms with Crippen LogP contribution in [0.3, 0.4) is 0 Å². The Hall–Kier alpha value is -2.27. The Morgan fingerprint density at radius 3 is 2.35 bits per heavy atom. The van der Waals surface area contributed by atoms with Gasteiger partial charge in [-0.3, -0.25) is 0 Å². The Bertz CT molecular complexity index is 620. The lowest BCUT2D eigenvalue weighted by molar-refractivity contribution is 0.408. The van der Waals surface area contributed by atoms with Gasteiger partial charge in [0.2, 0.25) is 0 Å². The fourth-order valence-corrected chi connectivity index (χ4v) is 2.60. The van der Waals surface area contributed by atoms with Crippen LogP contribution in [0.2, 0.25) is 0 Å². The van der Waals surface area contributed by atoms with E-state index in [1.807, 2.05) is 24.3 Å². The van der Waals surface area contributed by atoms with Gasteiger partial charge in [-0.25, -0.2) is 0 Å². The topological polar surface area (TPSA) is 33.0 Å². The molecule has 1 unspecified atom stereocenters. The maximum Gasteiger partial charge on any atom is 0.123 e. The van der Waals surface area contributed by atoms with Crippen molar-refractivity contribution in [2.75, 3.05) is 7.11 Å². The summed E-state index contributed by atoms with van der Waals surface area (Å²) < 4.78 is 5.36. The van der Waals surface area contributed by atoms with Crippen molar-refractivity contribution in [2.24, 2.45) is 0 Å². The second kappa shape index (κ2) is 6.25. The molecule has 102 valence electrons. The SMILES string of the molecule is COc1ccccc1C(C#N)Cc1cc(C)cc(C)c1. The Kier molecular flexibility index (Phi) is 4.42. The normalized spacial score (nSPS) is 11.7. The van der Waals surface area contributed by atoms with E-state index in [-0.39, 0.29) is 5.92 Å². The van der Waals surface area contributed by atoms with Gasteiger partial charge in [0.25, 0.3) is 0 Å². The lowest BCUT2D eigenvalue weighted by atomic mass is 9.91. The van der Waals surface area contributed by atoms with E-state index in [0.29, 0.717) is 6.42 Å². The van der Waals surface area contributed by atoms with Crippen LogP contribution in [0.15, 0.2) is 42.5 Å². The number of rotatable bonds is 4. The Balaban J connectivity index is 2.32. The number of ether oxygens (including phenoxy) is 1. The summed E-state index contributed by atoms with van der Waals surface area (Å²) in [5, 5.41) is 9.49. The van der Waals surface area contributed by atoms with Crippen molar-refractivity contribution in [1.29, 1.82) is 5.26 Å². The van der Waals surface area contributed by atoms with Gasteiger partial charge in [-0.2, -0.15) is 5.26 Å². The van der Waals surface area contributed by atoms with E-state index >= 15 is 0 Å². The van der Waals surface area contributed by atoms with Crippen LogP contribution in [-0.2, 0) is 6.42 Å². The van der Waals surface area contributed by atoms with E-state index in [1.165, 1.54) is 16.7 Å². The number of hydrogen-bond acceptors (Lipinski definition) is 2. The zero-order valence-corrected chi connectivity index (χ0v) is 12.2. The molecule has 1 atom stereocenters. The molecule has 0 bridgehead atoms. The van der Waals surface area contributed by atoms with Crippen molar-refractivity contribution in [2.45, 2.75) is 26.2 Å². The average molecular weight is 265 g/mol. The van der Waals surface area contributed by atoms with Crippen molar-refractivity contribution >= 4 is 0 Å². The molecule has 0 spiro atoms. The predicted molar refractivity (Wildman–Crippen MR) is 81.0 cm³/mol. The summed E-state index contributed by atoms with van der Waals surface area (Å²) in [6.45, 7) is 4.17. The third kappa shape index (κ3) is 3.19. The quantitative estimate of drug-likeness (QED) is 0.831. The monoisotopic (exact) mass is 265 g/mol. The summed E-state index contributed by atoms with van der Waals surface area (Å²) in [6.07, 6.45) is 0.708. The van der Waals surface area contributed by atoms with E-state index in [0.717, 1.165) is 11.3 Å². The molecule has 0 aliphatic rings. The predicted octanol–water partition coefficient (Wildman–Crippen LogP) is 4.16. The van der Waals surface area contributed by atoms with Gasteiger partial charge in [-0.05, 0) is 31.9 Å². The number of para-hydroxylation sites is 1. The first kappa shape index (κ1) is 14.1. The molecule has 0 heterocycles. The number of hydrogen-bond donors (Lipinski definition) is 0. The summed E-state index contributed by atoms with van der Waals surface area (Å²) in [5.74, 6) is 0.593. The molecule has 0 aliphatic carbocycles. The summed E-state index contributed by atoms with van der Waals surface area (Å²) in [6, 6.07) is 16.6. The van der Waals surface area contributed by atoms with E-state index in [9.17, 15) is 5.26 Å². The van der Waals surface area contributed by atoms with Gasteiger partial charge in [-0.15, -0.1) is 0 Å². The molecule has 2 aromatic carbocycles. The molecule has 0 aromatic heterocycles. The molecule has 0 saturated carbocycles. The Labute approximate surface area is 120 Å². The third-order valence-corrected chi connectivity index (χ3v) is 3.39. The fourth-order valence-electron chi connectivity index (χ4n) is 2.60. The van der Waals surface area contributed by atoms with Crippen molar-refractivity contribution in [3.05, 3.63) is 64.7 Å². The molecule has 0 N–H and O–H groups in total. The van der Waals surface area contributed by atoms with Gasteiger partial charge in [0.05, 0.1) is 19.1 Å². The van der Waals surface area contributed by atoms with Crippen LogP contribution in [0, 0.1) is 25.2 Å². The number of nitriles is 1. The maximum absolute atomic E-state index is 9.49. The second-order valence-electron chi connectivity index (χ2n) is 5.12. The molecule has 2 aromatic rings. The minimum Gasteiger partial charge on any atom is -0.496 e. The number of nitrogens with zero attached hydrogens (tertiary/aromatic N) is 1. The average Bonchev–Trinajstić information content (AvgIpc) is 2.43. The third-order valence-electron chi connectivity index (χ3n) is 3.39. The van der Waals surface area contributed by atoms with E-state index in [2.05, 4.69) is 38.1 Å². The molecule has 0 radical (unpaired) electrons. The molecule has 2 rings (SSSR count). The summed E-state index contributed by atoms with van der Waals surface area (Å²) in [5.41, 5.74) is 4.62. The fraction of sp³-hybridized carbons (Fsp3) is 0.278. The number of benzene rings is 2. The van der Waals surface area contributed by atoms with Crippen molar-refractivity contribution < 1.29 is 4.74 Å². The molecule has 0 fully saturated rings. The van der Waals surface area contributed by atoms with Crippen LogP contribution in [0.25, 0.3) is 0 Å². The molecule has 0 saturated heterocycles.